The first-order valence-corrected chi connectivity index (χ1v) is 10.7. The molecule has 0 amide bonds. The van der Waals surface area contributed by atoms with E-state index in [9.17, 15) is 5.11 Å². The first-order chi connectivity index (χ1) is 14.8. The number of aliphatic hydroxyl groups excluding tert-OH is 1. The Bertz CT molecular complexity index is 744. The van der Waals surface area contributed by atoms with Crippen LogP contribution in [-0.2, 0) is 32.2 Å². The number of piperidine rings is 1. The van der Waals surface area contributed by atoms with Crippen LogP contribution >= 0.6 is 0 Å². The second-order valence-electron chi connectivity index (χ2n) is 7.94. The van der Waals surface area contributed by atoms with Crippen molar-refractivity contribution in [2.75, 3.05) is 26.7 Å². The van der Waals surface area contributed by atoms with Crippen molar-refractivity contribution < 1.29 is 24.1 Å². The third kappa shape index (κ3) is 5.66. The summed E-state index contributed by atoms with van der Waals surface area (Å²) in [4.78, 5) is 2.28. The number of rotatable bonds is 10. The molecule has 0 spiro atoms. The predicted molar refractivity (Wildman–Crippen MR) is 113 cm³/mol. The molecule has 0 unspecified atom stereocenters. The summed E-state index contributed by atoms with van der Waals surface area (Å²) in [6.45, 7) is 3.06. The summed E-state index contributed by atoms with van der Waals surface area (Å²) in [5.41, 5.74) is 2.22. The molecule has 2 fully saturated rings. The van der Waals surface area contributed by atoms with E-state index in [-0.39, 0.29) is 31.8 Å². The molecule has 0 bridgehead atoms. The number of nitrogens with zero attached hydrogens (tertiary/aromatic N) is 1. The quantitative estimate of drug-likeness (QED) is 0.477. The van der Waals surface area contributed by atoms with Gasteiger partial charge in [0.1, 0.15) is 25.8 Å². The van der Waals surface area contributed by atoms with E-state index in [1.807, 2.05) is 60.7 Å². The molecule has 0 aromatic heterocycles. The highest BCUT2D eigenvalue weighted by Gasteiger charge is 2.48. The van der Waals surface area contributed by atoms with E-state index in [0.717, 1.165) is 37.1 Å². The number of aliphatic hydroxyl groups is 1. The van der Waals surface area contributed by atoms with Crippen LogP contribution in [0, 0.1) is 0 Å². The number of fused-ring (bicyclic) bond motifs is 1. The zero-order valence-electron chi connectivity index (χ0n) is 17.3. The fraction of sp³-hybridized carbons (Fsp3) is 0.500. The van der Waals surface area contributed by atoms with E-state index in [4.69, 9.17) is 18.9 Å². The number of ether oxygens (including phenoxy) is 4. The predicted octanol–water partition coefficient (Wildman–Crippen LogP) is 2.94. The zero-order chi connectivity index (χ0) is 20.6. The molecule has 2 aliphatic rings. The maximum absolute atomic E-state index is 10.6. The summed E-state index contributed by atoms with van der Waals surface area (Å²) in [5, 5.41) is 10.6. The van der Waals surface area contributed by atoms with Crippen LogP contribution in [0.15, 0.2) is 60.7 Å². The molecule has 4 atom stereocenters. The number of hydrogen-bond acceptors (Lipinski definition) is 6. The molecular formula is C24H31NO5. The van der Waals surface area contributed by atoms with Crippen LogP contribution < -0.4 is 0 Å². The fourth-order valence-electron chi connectivity index (χ4n) is 4.34. The monoisotopic (exact) mass is 413 g/mol. The third-order valence-corrected chi connectivity index (χ3v) is 5.81. The van der Waals surface area contributed by atoms with Crippen LogP contribution in [0.5, 0.6) is 0 Å². The van der Waals surface area contributed by atoms with Crippen molar-refractivity contribution in [2.45, 2.75) is 50.4 Å². The topological polar surface area (TPSA) is 60.4 Å². The van der Waals surface area contributed by atoms with Gasteiger partial charge >= 0.3 is 0 Å². The minimum Gasteiger partial charge on any atom is -0.391 e. The molecule has 2 aromatic carbocycles. The Morgan fingerprint density at radius 2 is 1.43 bits per heavy atom. The number of benzene rings is 2. The van der Waals surface area contributed by atoms with Crippen LogP contribution in [0.1, 0.15) is 24.0 Å². The summed E-state index contributed by atoms with van der Waals surface area (Å²) in [6.07, 6.45) is 0.988. The summed E-state index contributed by atoms with van der Waals surface area (Å²) in [6, 6.07) is 20.0. The first-order valence-electron chi connectivity index (χ1n) is 10.7. The Balaban J connectivity index is 1.27. The molecule has 30 heavy (non-hydrogen) atoms. The minimum atomic E-state index is -0.406. The number of hydrogen-bond donors (Lipinski definition) is 1. The molecule has 1 N–H and O–H groups in total. The second kappa shape index (κ2) is 11.0. The Morgan fingerprint density at radius 1 is 0.833 bits per heavy atom. The Hall–Kier alpha value is -1.80. The molecule has 2 aromatic rings. The molecule has 2 saturated heterocycles. The van der Waals surface area contributed by atoms with Gasteiger partial charge in [-0.05, 0) is 30.5 Å². The van der Waals surface area contributed by atoms with Gasteiger partial charge in [-0.25, -0.2) is 0 Å². The van der Waals surface area contributed by atoms with Gasteiger partial charge in [0.2, 0.25) is 0 Å². The van der Waals surface area contributed by atoms with E-state index in [2.05, 4.69) is 4.90 Å². The molecule has 6 nitrogen and oxygen atoms in total. The lowest BCUT2D eigenvalue weighted by atomic mass is 9.97. The maximum Gasteiger partial charge on any atom is 0.147 e. The van der Waals surface area contributed by atoms with E-state index >= 15 is 0 Å². The Labute approximate surface area is 178 Å². The summed E-state index contributed by atoms with van der Waals surface area (Å²) >= 11 is 0. The highest BCUT2D eigenvalue weighted by molar-refractivity contribution is 5.14. The van der Waals surface area contributed by atoms with Gasteiger partial charge in [0.15, 0.2) is 0 Å². The van der Waals surface area contributed by atoms with Crippen LogP contribution in [0.25, 0.3) is 0 Å². The average molecular weight is 414 g/mol. The van der Waals surface area contributed by atoms with Gasteiger partial charge in [-0.15, -0.1) is 0 Å². The van der Waals surface area contributed by atoms with Gasteiger partial charge in [-0.3, -0.25) is 4.90 Å². The van der Waals surface area contributed by atoms with E-state index < -0.39 is 6.10 Å². The average Bonchev–Trinajstić information content (AvgIpc) is 3.14. The van der Waals surface area contributed by atoms with Crippen molar-refractivity contribution in [2.24, 2.45) is 0 Å². The molecule has 162 valence electrons. The van der Waals surface area contributed by atoms with Crippen molar-refractivity contribution in [3.63, 3.8) is 0 Å². The minimum absolute atomic E-state index is 0.0572. The van der Waals surface area contributed by atoms with Crippen LogP contribution in [-0.4, -0.2) is 61.0 Å². The van der Waals surface area contributed by atoms with E-state index in [0.29, 0.717) is 13.2 Å². The van der Waals surface area contributed by atoms with Gasteiger partial charge in [-0.1, -0.05) is 60.7 Å². The molecular weight excluding hydrogens is 382 g/mol. The van der Waals surface area contributed by atoms with Crippen molar-refractivity contribution >= 4 is 0 Å². The van der Waals surface area contributed by atoms with Crippen molar-refractivity contribution in [1.82, 2.24) is 4.90 Å². The highest BCUT2D eigenvalue weighted by Crippen LogP contribution is 2.31. The van der Waals surface area contributed by atoms with Crippen molar-refractivity contribution in [3.05, 3.63) is 71.8 Å². The third-order valence-electron chi connectivity index (χ3n) is 5.81. The largest absolute Gasteiger partial charge is 0.391 e. The highest BCUT2D eigenvalue weighted by atomic mass is 16.7. The van der Waals surface area contributed by atoms with Crippen LogP contribution in [0.3, 0.4) is 0 Å². The lowest BCUT2D eigenvalue weighted by Crippen LogP contribution is -2.50. The Kier molecular flexibility index (Phi) is 7.86. The molecule has 2 aliphatic heterocycles. The van der Waals surface area contributed by atoms with Crippen LogP contribution in [0.2, 0.25) is 0 Å². The summed E-state index contributed by atoms with van der Waals surface area (Å²) < 4.78 is 23.5. The SMILES string of the molecule is O[C@@H]1CCCN2C[C@@H](OCOCc3ccccc3)[C@@H](OCOCc3ccccc3)[C@@H]12. The van der Waals surface area contributed by atoms with Gasteiger partial charge in [-0.2, -0.15) is 0 Å². The summed E-state index contributed by atoms with van der Waals surface area (Å²) in [7, 11) is 0. The molecule has 6 heteroatoms. The van der Waals surface area contributed by atoms with Crippen molar-refractivity contribution in [1.29, 1.82) is 0 Å². The maximum atomic E-state index is 10.6. The van der Waals surface area contributed by atoms with Gasteiger partial charge in [0.25, 0.3) is 0 Å². The molecule has 0 aliphatic carbocycles. The summed E-state index contributed by atoms with van der Waals surface area (Å²) in [5.74, 6) is 0. The molecule has 0 radical (unpaired) electrons. The first kappa shape index (κ1) is 21.4. The Morgan fingerprint density at radius 3 is 2.07 bits per heavy atom. The van der Waals surface area contributed by atoms with E-state index in [1.54, 1.807) is 0 Å². The smallest absolute Gasteiger partial charge is 0.147 e. The van der Waals surface area contributed by atoms with E-state index in [1.165, 1.54) is 0 Å². The standard InChI is InChI=1S/C24H31NO5/c26-21-12-7-13-25-14-22(29-17-27-15-19-8-3-1-4-9-19)24(23(21)25)30-18-28-16-20-10-5-2-6-11-20/h1-6,8-11,21-24,26H,7,12-18H2/t21-,22-,23-,24-/m1/s1. The lowest BCUT2D eigenvalue weighted by molar-refractivity contribution is -0.170. The van der Waals surface area contributed by atoms with Crippen LogP contribution in [0.4, 0.5) is 0 Å². The molecule has 2 heterocycles. The zero-order valence-corrected chi connectivity index (χ0v) is 17.3. The van der Waals surface area contributed by atoms with Gasteiger partial charge in [0, 0.05) is 6.54 Å². The molecule has 4 rings (SSSR count). The van der Waals surface area contributed by atoms with Crippen molar-refractivity contribution in [3.8, 4) is 0 Å². The second-order valence-corrected chi connectivity index (χ2v) is 7.94. The van der Waals surface area contributed by atoms with Gasteiger partial charge in [0.05, 0.1) is 25.4 Å². The molecule has 0 saturated carbocycles. The normalized spacial score (nSPS) is 26.6. The fourth-order valence-corrected chi connectivity index (χ4v) is 4.34. The lowest BCUT2D eigenvalue weighted by Gasteiger charge is -2.36. The van der Waals surface area contributed by atoms with Gasteiger partial charge < -0.3 is 24.1 Å².